The zero-order valence-corrected chi connectivity index (χ0v) is 17.8. The standard InChI is InChI=1S/C22H21F3N4O3/c1-13(2)32-21(30)18(15-5-6-19(31-4)26-10-15)11-29-12-27-20(28-29)16-7-14(3)8-17(9-16)22(23,24)25/h5-13H,1-4H3. The molecule has 0 amide bonds. The highest BCUT2D eigenvalue weighted by Gasteiger charge is 2.31. The minimum absolute atomic E-state index is 0.0832. The van der Waals surface area contributed by atoms with Gasteiger partial charge < -0.3 is 9.47 Å². The highest BCUT2D eigenvalue weighted by atomic mass is 19.4. The second-order valence-electron chi connectivity index (χ2n) is 7.22. The topological polar surface area (TPSA) is 79.1 Å². The SMILES string of the molecule is COc1ccc(C(=Cn2cnc(-c3cc(C)cc(C(F)(F)F)c3)n2)C(=O)OC(C)C)cn1. The summed E-state index contributed by atoms with van der Waals surface area (Å²) >= 11 is 0. The van der Waals surface area contributed by atoms with Crippen molar-refractivity contribution in [2.24, 2.45) is 0 Å². The number of carbonyl (C=O) groups is 1. The molecule has 7 nitrogen and oxygen atoms in total. The number of alkyl halides is 3. The van der Waals surface area contributed by atoms with Gasteiger partial charge in [-0.15, -0.1) is 5.10 Å². The Morgan fingerprint density at radius 1 is 1.16 bits per heavy atom. The van der Waals surface area contributed by atoms with Gasteiger partial charge in [-0.25, -0.2) is 19.4 Å². The van der Waals surface area contributed by atoms with Crippen molar-refractivity contribution in [1.29, 1.82) is 0 Å². The van der Waals surface area contributed by atoms with Gasteiger partial charge in [0.25, 0.3) is 0 Å². The summed E-state index contributed by atoms with van der Waals surface area (Å²) in [6.45, 7) is 4.99. The number of pyridine rings is 1. The first kappa shape index (κ1) is 23.0. The normalized spacial score (nSPS) is 12.2. The van der Waals surface area contributed by atoms with Gasteiger partial charge in [-0.3, -0.25) is 0 Å². The van der Waals surface area contributed by atoms with Crippen molar-refractivity contribution in [2.75, 3.05) is 7.11 Å². The lowest BCUT2D eigenvalue weighted by Gasteiger charge is -2.11. The minimum atomic E-state index is -4.49. The van der Waals surface area contributed by atoms with E-state index in [1.807, 2.05) is 0 Å². The number of rotatable bonds is 6. The van der Waals surface area contributed by atoms with Gasteiger partial charge in [0.05, 0.1) is 24.4 Å². The van der Waals surface area contributed by atoms with E-state index in [4.69, 9.17) is 9.47 Å². The number of ether oxygens (including phenoxy) is 2. The Hall–Kier alpha value is -3.69. The van der Waals surface area contributed by atoms with Gasteiger partial charge in [0, 0.05) is 29.6 Å². The van der Waals surface area contributed by atoms with Crippen LogP contribution < -0.4 is 4.74 Å². The predicted octanol–water partition coefficient (Wildman–Crippen LogP) is 4.63. The van der Waals surface area contributed by atoms with E-state index in [2.05, 4.69) is 15.1 Å². The van der Waals surface area contributed by atoms with Crippen molar-refractivity contribution in [2.45, 2.75) is 33.1 Å². The largest absolute Gasteiger partial charge is 0.481 e. The van der Waals surface area contributed by atoms with Gasteiger partial charge in [0.1, 0.15) is 6.33 Å². The number of nitrogens with zero attached hydrogens (tertiary/aromatic N) is 4. The smallest absolute Gasteiger partial charge is 0.416 e. The van der Waals surface area contributed by atoms with Crippen molar-refractivity contribution in [3.8, 4) is 17.3 Å². The summed E-state index contributed by atoms with van der Waals surface area (Å²) in [5, 5.41) is 4.21. The van der Waals surface area contributed by atoms with Crippen LogP contribution in [-0.2, 0) is 15.7 Å². The molecule has 2 heterocycles. The van der Waals surface area contributed by atoms with Crippen LogP contribution in [0.15, 0.2) is 42.9 Å². The van der Waals surface area contributed by atoms with E-state index < -0.39 is 17.7 Å². The molecule has 0 radical (unpaired) electrons. The van der Waals surface area contributed by atoms with Gasteiger partial charge in [-0.05, 0) is 50.6 Å². The fraction of sp³-hybridized carbons (Fsp3) is 0.273. The molecule has 10 heteroatoms. The number of hydrogen-bond donors (Lipinski definition) is 0. The second kappa shape index (κ2) is 9.21. The summed E-state index contributed by atoms with van der Waals surface area (Å²) < 4.78 is 51.0. The van der Waals surface area contributed by atoms with Crippen LogP contribution in [0.4, 0.5) is 13.2 Å². The van der Waals surface area contributed by atoms with E-state index >= 15 is 0 Å². The number of methoxy groups -OCH3 is 1. The maximum Gasteiger partial charge on any atom is 0.416 e. The summed E-state index contributed by atoms with van der Waals surface area (Å²) in [5.74, 6) is -0.160. The summed E-state index contributed by atoms with van der Waals surface area (Å²) in [4.78, 5) is 20.8. The number of hydrogen-bond acceptors (Lipinski definition) is 6. The van der Waals surface area contributed by atoms with Crippen LogP contribution in [0.1, 0.15) is 30.5 Å². The Morgan fingerprint density at radius 3 is 2.50 bits per heavy atom. The molecular formula is C22H21F3N4O3. The van der Waals surface area contributed by atoms with Crippen LogP contribution >= 0.6 is 0 Å². The van der Waals surface area contributed by atoms with Crippen molar-refractivity contribution in [3.63, 3.8) is 0 Å². The third-order valence-corrected chi connectivity index (χ3v) is 4.25. The number of benzene rings is 1. The Kier molecular flexibility index (Phi) is 6.61. The molecule has 0 fully saturated rings. The molecule has 0 atom stereocenters. The van der Waals surface area contributed by atoms with Crippen LogP contribution in [0.5, 0.6) is 5.88 Å². The first-order chi connectivity index (χ1) is 15.1. The maximum atomic E-state index is 13.2. The highest BCUT2D eigenvalue weighted by molar-refractivity contribution is 6.20. The number of halogens is 3. The van der Waals surface area contributed by atoms with E-state index in [-0.39, 0.29) is 23.1 Å². The number of carbonyl (C=O) groups excluding carboxylic acids is 1. The zero-order chi connectivity index (χ0) is 23.5. The summed E-state index contributed by atoms with van der Waals surface area (Å²) in [5.41, 5.74) is 0.438. The first-order valence-electron chi connectivity index (χ1n) is 9.60. The van der Waals surface area contributed by atoms with Crippen LogP contribution in [-0.4, -0.2) is 38.9 Å². The van der Waals surface area contributed by atoms with E-state index in [0.29, 0.717) is 17.0 Å². The Labute approximate surface area is 182 Å². The van der Waals surface area contributed by atoms with Gasteiger partial charge in [-0.2, -0.15) is 13.2 Å². The molecule has 0 unspecified atom stereocenters. The van der Waals surface area contributed by atoms with Crippen LogP contribution in [0.3, 0.4) is 0 Å². The van der Waals surface area contributed by atoms with E-state index in [9.17, 15) is 18.0 Å². The molecule has 3 aromatic rings. The third kappa shape index (κ3) is 5.51. The van der Waals surface area contributed by atoms with Crippen molar-refractivity contribution >= 4 is 17.7 Å². The maximum absolute atomic E-state index is 13.2. The molecule has 2 aromatic heterocycles. The molecule has 0 aliphatic heterocycles. The predicted molar refractivity (Wildman–Crippen MR) is 111 cm³/mol. The van der Waals surface area contributed by atoms with Gasteiger partial charge in [0.15, 0.2) is 5.82 Å². The third-order valence-electron chi connectivity index (χ3n) is 4.25. The average Bonchev–Trinajstić information content (AvgIpc) is 3.19. The fourth-order valence-corrected chi connectivity index (χ4v) is 2.86. The summed E-state index contributed by atoms with van der Waals surface area (Å²) in [6.07, 6.45) is -0.731. The fourth-order valence-electron chi connectivity index (χ4n) is 2.86. The zero-order valence-electron chi connectivity index (χ0n) is 17.8. The van der Waals surface area contributed by atoms with Gasteiger partial charge in [-0.1, -0.05) is 0 Å². The molecule has 0 saturated heterocycles. The molecule has 168 valence electrons. The van der Waals surface area contributed by atoms with E-state index in [0.717, 1.165) is 12.1 Å². The van der Waals surface area contributed by atoms with Crippen molar-refractivity contribution < 1.29 is 27.4 Å². The first-order valence-corrected chi connectivity index (χ1v) is 9.60. The van der Waals surface area contributed by atoms with Gasteiger partial charge >= 0.3 is 12.1 Å². The number of aryl methyl sites for hydroxylation is 1. The highest BCUT2D eigenvalue weighted by Crippen LogP contribution is 2.32. The molecule has 1 aromatic carbocycles. The van der Waals surface area contributed by atoms with Crippen LogP contribution in [0.2, 0.25) is 0 Å². The monoisotopic (exact) mass is 446 g/mol. The molecule has 0 aliphatic carbocycles. The second-order valence-corrected chi connectivity index (χ2v) is 7.22. The van der Waals surface area contributed by atoms with E-state index in [1.54, 1.807) is 39.0 Å². The molecule has 3 rings (SSSR count). The molecule has 32 heavy (non-hydrogen) atoms. The average molecular weight is 446 g/mol. The quantitative estimate of drug-likeness (QED) is 0.406. The molecule has 0 N–H and O–H groups in total. The van der Waals surface area contributed by atoms with Gasteiger partial charge in [0.2, 0.25) is 5.88 Å². The summed E-state index contributed by atoms with van der Waals surface area (Å²) in [6, 6.07) is 6.81. The lowest BCUT2D eigenvalue weighted by molar-refractivity contribution is -0.140. The van der Waals surface area contributed by atoms with Crippen LogP contribution in [0.25, 0.3) is 23.2 Å². The van der Waals surface area contributed by atoms with Crippen molar-refractivity contribution in [3.05, 3.63) is 59.5 Å². The van der Waals surface area contributed by atoms with Crippen molar-refractivity contribution in [1.82, 2.24) is 19.7 Å². The number of aromatic nitrogens is 4. The van der Waals surface area contributed by atoms with Crippen LogP contribution in [0, 0.1) is 6.92 Å². The molecule has 0 aliphatic rings. The lowest BCUT2D eigenvalue weighted by atomic mass is 10.1. The Balaban J connectivity index is 2.01. The molecule has 0 bridgehead atoms. The number of esters is 1. The molecule has 0 spiro atoms. The summed E-state index contributed by atoms with van der Waals surface area (Å²) in [7, 11) is 1.47. The molecule has 0 saturated carbocycles. The molecular weight excluding hydrogens is 425 g/mol. The lowest BCUT2D eigenvalue weighted by Crippen LogP contribution is -2.14. The minimum Gasteiger partial charge on any atom is -0.481 e. The Bertz CT molecular complexity index is 1140. The van der Waals surface area contributed by atoms with E-state index in [1.165, 1.54) is 30.5 Å². The Morgan fingerprint density at radius 2 is 1.91 bits per heavy atom.